The number of aromatic nitrogens is 1. The van der Waals surface area contributed by atoms with Gasteiger partial charge in [0, 0.05) is 18.0 Å². The van der Waals surface area contributed by atoms with E-state index in [-0.39, 0.29) is 23.7 Å². The number of rotatable bonds is 6. The van der Waals surface area contributed by atoms with Crippen LogP contribution >= 0.6 is 34.3 Å². The fraction of sp³-hybridized carbons (Fsp3) is 0.273. The highest BCUT2D eigenvalue weighted by molar-refractivity contribution is 7.18. The largest absolute Gasteiger partial charge is 0.478 e. The Morgan fingerprint density at radius 2 is 2.00 bits per heavy atom. The van der Waals surface area contributed by atoms with Gasteiger partial charge in [-0.15, -0.1) is 22.7 Å². The molecule has 3 N–H and O–H groups in total. The standard InChI is InChI=1S/C22H21ClN4O4S2/c1-27-9-3-6-14-16(11-27)33-21(25-14)20(29)26-18-12(4-2-5-13(18)22(30)31)10-24-19(28)15-7-8-17(23)32-15/h2,4-5,7-8H,3,6,9-11H2,1H3,(H,24,28)(H,26,29)(H,30,31). The Morgan fingerprint density at radius 1 is 1.18 bits per heavy atom. The van der Waals surface area contributed by atoms with Crippen LogP contribution in [0.5, 0.6) is 0 Å². The Balaban J connectivity index is 1.56. The molecule has 11 heteroatoms. The third kappa shape index (κ3) is 5.41. The van der Waals surface area contributed by atoms with Crippen molar-refractivity contribution in [3.8, 4) is 0 Å². The van der Waals surface area contributed by atoms with E-state index in [1.807, 2.05) is 7.05 Å². The number of thiophene rings is 1. The number of nitrogens with one attached hydrogen (secondary N) is 2. The molecule has 2 amide bonds. The van der Waals surface area contributed by atoms with Gasteiger partial charge in [-0.3, -0.25) is 9.59 Å². The van der Waals surface area contributed by atoms with Crippen LogP contribution in [0.15, 0.2) is 30.3 Å². The highest BCUT2D eigenvalue weighted by atomic mass is 35.5. The molecule has 0 aliphatic carbocycles. The molecule has 8 nitrogen and oxygen atoms in total. The Kier molecular flexibility index (Phi) is 7.08. The average molecular weight is 505 g/mol. The second-order valence-corrected chi connectivity index (χ2v) is 10.4. The van der Waals surface area contributed by atoms with Crippen molar-refractivity contribution in [3.63, 3.8) is 0 Å². The summed E-state index contributed by atoms with van der Waals surface area (Å²) in [6.07, 6.45) is 1.77. The van der Waals surface area contributed by atoms with E-state index in [1.165, 1.54) is 17.4 Å². The number of amides is 2. The van der Waals surface area contributed by atoms with Gasteiger partial charge in [0.15, 0.2) is 5.01 Å². The van der Waals surface area contributed by atoms with E-state index in [1.54, 1.807) is 24.3 Å². The molecule has 2 aromatic heterocycles. The molecule has 1 aliphatic heterocycles. The number of halogens is 1. The van der Waals surface area contributed by atoms with Gasteiger partial charge in [-0.2, -0.15) is 0 Å². The molecule has 3 aromatic rings. The van der Waals surface area contributed by atoms with Gasteiger partial charge in [0.1, 0.15) is 0 Å². The van der Waals surface area contributed by atoms with Crippen LogP contribution in [0.4, 0.5) is 5.69 Å². The highest BCUT2D eigenvalue weighted by Crippen LogP contribution is 2.27. The Bertz CT molecular complexity index is 1220. The lowest BCUT2D eigenvalue weighted by Crippen LogP contribution is -2.24. The first kappa shape index (κ1) is 23.4. The minimum Gasteiger partial charge on any atom is -0.478 e. The zero-order valence-corrected chi connectivity index (χ0v) is 20.1. The number of thiazole rings is 1. The van der Waals surface area contributed by atoms with E-state index >= 15 is 0 Å². The number of aromatic carboxylic acids is 1. The maximum absolute atomic E-state index is 13.0. The van der Waals surface area contributed by atoms with Crippen molar-refractivity contribution in [1.82, 2.24) is 15.2 Å². The van der Waals surface area contributed by atoms with E-state index in [0.29, 0.717) is 19.8 Å². The summed E-state index contributed by atoms with van der Waals surface area (Å²) in [5, 5.41) is 15.4. The van der Waals surface area contributed by atoms with Crippen molar-refractivity contribution in [3.05, 3.63) is 66.3 Å². The van der Waals surface area contributed by atoms with E-state index < -0.39 is 11.9 Å². The summed E-state index contributed by atoms with van der Waals surface area (Å²) in [5.41, 5.74) is 1.47. The Hall–Kier alpha value is -2.79. The monoisotopic (exact) mass is 504 g/mol. The molecule has 4 rings (SSSR count). The lowest BCUT2D eigenvalue weighted by molar-refractivity contribution is 0.0697. The number of aryl methyl sites for hydroxylation is 1. The fourth-order valence-corrected chi connectivity index (χ4v) is 5.62. The number of hydrogen-bond donors (Lipinski definition) is 3. The maximum Gasteiger partial charge on any atom is 0.337 e. The summed E-state index contributed by atoms with van der Waals surface area (Å²) < 4.78 is 0.494. The zero-order valence-electron chi connectivity index (χ0n) is 17.7. The van der Waals surface area contributed by atoms with Crippen LogP contribution in [0.2, 0.25) is 4.34 Å². The minimum absolute atomic E-state index is 0.0320. The molecule has 1 aromatic carbocycles. The number of benzene rings is 1. The van der Waals surface area contributed by atoms with Crippen molar-refractivity contribution < 1.29 is 19.5 Å². The lowest BCUT2D eigenvalue weighted by atomic mass is 10.1. The van der Waals surface area contributed by atoms with Crippen LogP contribution in [0.1, 0.15) is 52.4 Å². The smallest absolute Gasteiger partial charge is 0.337 e. The van der Waals surface area contributed by atoms with Crippen molar-refractivity contribution in [2.24, 2.45) is 0 Å². The molecule has 0 unspecified atom stereocenters. The van der Waals surface area contributed by atoms with Gasteiger partial charge in [-0.25, -0.2) is 9.78 Å². The summed E-state index contributed by atoms with van der Waals surface area (Å²) >= 11 is 8.36. The summed E-state index contributed by atoms with van der Waals surface area (Å²) in [4.78, 5) is 45.4. The van der Waals surface area contributed by atoms with Crippen molar-refractivity contribution in [2.75, 3.05) is 18.9 Å². The topological polar surface area (TPSA) is 112 Å². The number of fused-ring (bicyclic) bond motifs is 1. The van der Waals surface area contributed by atoms with Gasteiger partial charge < -0.3 is 20.6 Å². The second kappa shape index (κ2) is 10.0. The molecule has 0 spiro atoms. The van der Waals surface area contributed by atoms with Crippen molar-refractivity contribution in [1.29, 1.82) is 0 Å². The lowest BCUT2D eigenvalue weighted by Gasteiger charge is -2.14. The molecule has 33 heavy (non-hydrogen) atoms. The quantitative estimate of drug-likeness (QED) is 0.465. The maximum atomic E-state index is 13.0. The van der Waals surface area contributed by atoms with E-state index in [2.05, 4.69) is 20.5 Å². The molecule has 0 saturated heterocycles. The van der Waals surface area contributed by atoms with Crippen molar-refractivity contribution >= 4 is 57.7 Å². The zero-order chi connectivity index (χ0) is 23.5. The molecule has 0 atom stereocenters. The first-order valence-electron chi connectivity index (χ1n) is 10.2. The summed E-state index contributed by atoms with van der Waals surface area (Å²) in [6.45, 7) is 1.74. The van der Waals surface area contributed by atoms with E-state index in [9.17, 15) is 19.5 Å². The molecule has 1 aliphatic rings. The highest BCUT2D eigenvalue weighted by Gasteiger charge is 2.23. The first-order valence-corrected chi connectivity index (χ1v) is 12.2. The van der Waals surface area contributed by atoms with Gasteiger partial charge in [0.05, 0.1) is 26.2 Å². The van der Waals surface area contributed by atoms with E-state index in [0.717, 1.165) is 47.8 Å². The third-order valence-electron chi connectivity index (χ3n) is 5.20. The number of carboxylic acids is 1. The number of carbonyl (C=O) groups is 3. The predicted octanol–water partition coefficient (Wildman–Crippen LogP) is 4.12. The second-order valence-electron chi connectivity index (χ2n) is 7.62. The molecular formula is C22H21ClN4O4S2. The normalized spacial score (nSPS) is 13.8. The third-order valence-corrected chi connectivity index (χ3v) is 7.51. The SMILES string of the molecule is CN1CCCc2nc(C(=O)Nc3c(CNC(=O)c4ccc(Cl)s4)cccc3C(=O)O)sc2C1. The predicted molar refractivity (Wildman–Crippen MR) is 129 cm³/mol. The molecule has 172 valence electrons. The summed E-state index contributed by atoms with van der Waals surface area (Å²) in [6, 6.07) is 7.89. The van der Waals surface area contributed by atoms with Crippen LogP contribution in [-0.4, -0.2) is 46.4 Å². The van der Waals surface area contributed by atoms with Crippen LogP contribution < -0.4 is 10.6 Å². The number of hydrogen-bond acceptors (Lipinski definition) is 7. The summed E-state index contributed by atoms with van der Waals surface area (Å²) in [5.74, 6) is -1.99. The number of carboxylic acid groups (broad SMARTS) is 1. The fourth-order valence-electron chi connectivity index (χ4n) is 3.58. The van der Waals surface area contributed by atoms with Crippen LogP contribution in [-0.2, 0) is 19.5 Å². The first-order chi connectivity index (χ1) is 15.8. The van der Waals surface area contributed by atoms with Crippen molar-refractivity contribution in [2.45, 2.75) is 25.9 Å². The number of para-hydroxylation sites is 1. The number of nitrogens with zero attached hydrogens (tertiary/aromatic N) is 2. The van der Waals surface area contributed by atoms with Crippen LogP contribution in [0, 0.1) is 0 Å². The molecule has 3 heterocycles. The molecule has 0 fully saturated rings. The average Bonchev–Trinajstić information content (AvgIpc) is 3.34. The molecule has 0 radical (unpaired) electrons. The Morgan fingerprint density at radius 3 is 2.73 bits per heavy atom. The number of carbonyl (C=O) groups excluding carboxylic acids is 2. The summed E-state index contributed by atoms with van der Waals surface area (Å²) in [7, 11) is 2.03. The van der Waals surface area contributed by atoms with Crippen LogP contribution in [0.25, 0.3) is 0 Å². The minimum atomic E-state index is -1.18. The molecule has 0 saturated carbocycles. The molecule has 0 bridgehead atoms. The van der Waals surface area contributed by atoms with Gasteiger partial charge in [-0.1, -0.05) is 23.7 Å². The van der Waals surface area contributed by atoms with Gasteiger partial charge >= 0.3 is 5.97 Å². The van der Waals surface area contributed by atoms with Gasteiger partial charge in [0.25, 0.3) is 11.8 Å². The van der Waals surface area contributed by atoms with Gasteiger partial charge in [-0.05, 0) is 50.2 Å². The molecular weight excluding hydrogens is 484 g/mol. The van der Waals surface area contributed by atoms with E-state index in [4.69, 9.17) is 11.6 Å². The Labute approximate surface area is 203 Å². The van der Waals surface area contributed by atoms with Crippen LogP contribution in [0.3, 0.4) is 0 Å². The number of anilines is 1. The van der Waals surface area contributed by atoms with Gasteiger partial charge in [0.2, 0.25) is 0 Å².